The van der Waals surface area contributed by atoms with E-state index in [2.05, 4.69) is 10.2 Å². The summed E-state index contributed by atoms with van der Waals surface area (Å²) in [6.45, 7) is 22.9. The van der Waals surface area contributed by atoms with Gasteiger partial charge >= 0.3 is 12.2 Å². The van der Waals surface area contributed by atoms with Gasteiger partial charge in [-0.25, -0.2) is 16.2 Å². The summed E-state index contributed by atoms with van der Waals surface area (Å²) in [5.74, 6) is -0.0425. The summed E-state index contributed by atoms with van der Waals surface area (Å²) in [6, 6.07) is -0.428. The molecule has 1 aliphatic rings. The van der Waals surface area contributed by atoms with E-state index in [-0.39, 0.29) is 12.0 Å². The van der Waals surface area contributed by atoms with Crippen molar-refractivity contribution in [1.82, 2.24) is 10.2 Å². The van der Waals surface area contributed by atoms with E-state index in [0.29, 0.717) is 19.5 Å². The quantitative estimate of drug-likeness (QED) is 0.770. The zero-order chi connectivity index (χ0) is 20.3. The lowest BCUT2D eigenvalue weighted by Gasteiger charge is -2.31. The molecule has 1 aliphatic heterocycles. The summed E-state index contributed by atoms with van der Waals surface area (Å²) in [7, 11) is 0. The molecule has 0 aromatic rings. The van der Waals surface area contributed by atoms with Crippen LogP contribution in [0.4, 0.5) is 9.59 Å². The highest BCUT2D eigenvalue weighted by molar-refractivity contribution is 5.69. The van der Waals surface area contributed by atoms with Gasteiger partial charge in [-0.3, -0.25) is 0 Å². The van der Waals surface area contributed by atoms with E-state index in [1.54, 1.807) is 39.5 Å². The van der Waals surface area contributed by atoms with E-state index < -0.39 is 28.9 Å². The molecule has 26 heavy (non-hydrogen) atoms. The first-order valence-corrected chi connectivity index (χ1v) is 9.01. The summed E-state index contributed by atoms with van der Waals surface area (Å²) in [4.78, 5) is 29.9. The lowest BCUT2D eigenvalue weighted by atomic mass is 9.84. The topological polar surface area (TPSA) is 72.2 Å². The van der Waals surface area contributed by atoms with Gasteiger partial charge in [0.2, 0.25) is 5.54 Å². The first-order chi connectivity index (χ1) is 11.6. The largest absolute Gasteiger partial charge is 0.444 e. The van der Waals surface area contributed by atoms with Gasteiger partial charge in [0.1, 0.15) is 17.2 Å². The molecule has 0 aromatic carbocycles. The Labute approximate surface area is 157 Å². The Morgan fingerprint density at radius 3 is 2.08 bits per heavy atom. The summed E-state index contributed by atoms with van der Waals surface area (Å²) < 4.78 is 10.8. The van der Waals surface area contributed by atoms with E-state index >= 15 is 0 Å². The maximum Gasteiger partial charge on any atom is 0.410 e. The van der Waals surface area contributed by atoms with Gasteiger partial charge < -0.3 is 24.5 Å². The van der Waals surface area contributed by atoms with Crippen molar-refractivity contribution in [1.29, 1.82) is 0 Å². The van der Waals surface area contributed by atoms with Crippen LogP contribution in [0.25, 0.3) is 4.85 Å². The molecule has 2 atom stereocenters. The van der Waals surface area contributed by atoms with Crippen LogP contribution in [0.2, 0.25) is 0 Å². The minimum absolute atomic E-state index is 0.0425. The van der Waals surface area contributed by atoms with Crippen LogP contribution in [0.5, 0.6) is 0 Å². The first kappa shape index (κ1) is 22.1. The fourth-order valence-electron chi connectivity index (χ4n) is 2.93. The van der Waals surface area contributed by atoms with Crippen LogP contribution in [0.3, 0.4) is 0 Å². The molecule has 1 heterocycles. The average molecular weight is 367 g/mol. The minimum atomic E-state index is -0.814. The predicted molar refractivity (Wildman–Crippen MR) is 99.8 cm³/mol. The SMILES string of the molecule is [C-]#[N+]C(C)(C)C(NC(=O)OC(C)(C)C)C1CCN(C(=O)OC(C)(C)C)C1. The van der Waals surface area contributed by atoms with Crippen LogP contribution in [-0.4, -0.2) is 53.0 Å². The fraction of sp³-hybridized carbons (Fsp3) is 0.842. The van der Waals surface area contributed by atoms with Gasteiger partial charge in [-0.05, 0) is 48.0 Å². The Hall–Kier alpha value is -1.97. The van der Waals surface area contributed by atoms with E-state index in [4.69, 9.17) is 16.0 Å². The van der Waals surface area contributed by atoms with Crippen LogP contribution < -0.4 is 5.32 Å². The number of amides is 2. The monoisotopic (exact) mass is 367 g/mol. The number of carbonyl (C=O) groups is 2. The molecular weight excluding hydrogens is 334 g/mol. The van der Waals surface area contributed by atoms with Crippen molar-refractivity contribution in [3.8, 4) is 0 Å². The molecule has 7 heteroatoms. The lowest BCUT2D eigenvalue weighted by molar-refractivity contribution is 0.0281. The highest BCUT2D eigenvalue weighted by Crippen LogP contribution is 2.30. The van der Waals surface area contributed by atoms with Crippen molar-refractivity contribution in [2.45, 2.75) is 84.6 Å². The van der Waals surface area contributed by atoms with Crippen molar-refractivity contribution in [2.24, 2.45) is 5.92 Å². The molecule has 1 N–H and O–H groups in total. The van der Waals surface area contributed by atoms with Crippen molar-refractivity contribution in [2.75, 3.05) is 13.1 Å². The number of carbonyl (C=O) groups excluding carboxylic acids is 2. The highest BCUT2D eigenvalue weighted by Gasteiger charge is 2.46. The number of hydrogen-bond acceptors (Lipinski definition) is 4. The number of nitrogens with one attached hydrogen (secondary N) is 1. The summed E-state index contributed by atoms with van der Waals surface area (Å²) in [5, 5.41) is 2.86. The van der Waals surface area contributed by atoms with Crippen LogP contribution in [0, 0.1) is 12.5 Å². The second-order valence-corrected chi connectivity index (χ2v) is 9.36. The fourth-order valence-corrected chi connectivity index (χ4v) is 2.93. The van der Waals surface area contributed by atoms with Crippen molar-refractivity contribution < 1.29 is 19.1 Å². The van der Waals surface area contributed by atoms with Gasteiger partial charge in [-0.2, -0.15) is 0 Å². The molecule has 0 saturated carbocycles. The number of alkyl carbamates (subject to hydrolysis) is 1. The maximum atomic E-state index is 12.3. The van der Waals surface area contributed by atoms with Gasteiger partial charge in [-0.15, -0.1) is 0 Å². The molecule has 7 nitrogen and oxygen atoms in total. The molecule has 0 radical (unpaired) electrons. The molecule has 0 spiro atoms. The second-order valence-electron chi connectivity index (χ2n) is 9.36. The van der Waals surface area contributed by atoms with Crippen LogP contribution >= 0.6 is 0 Å². The molecule has 2 unspecified atom stereocenters. The third-order valence-corrected chi connectivity index (χ3v) is 4.07. The first-order valence-electron chi connectivity index (χ1n) is 9.01. The predicted octanol–water partition coefficient (Wildman–Crippen LogP) is 3.83. The number of rotatable bonds is 3. The standard InChI is InChI=1S/C19H33N3O4/c1-17(2,3)25-15(23)21-14(19(7,8)20-9)13-10-11-22(12-13)16(24)26-18(4,5)6/h13-14H,10-12H2,1-8H3,(H,21,23). The summed E-state index contributed by atoms with van der Waals surface area (Å²) >= 11 is 0. The minimum Gasteiger partial charge on any atom is -0.444 e. The third-order valence-electron chi connectivity index (χ3n) is 4.07. The molecule has 1 saturated heterocycles. The molecular formula is C19H33N3O4. The normalized spacial score (nSPS) is 19.5. The van der Waals surface area contributed by atoms with Crippen molar-refractivity contribution >= 4 is 12.2 Å². The van der Waals surface area contributed by atoms with Crippen LogP contribution in [-0.2, 0) is 9.47 Å². The van der Waals surface area contributed by atoms with Crippen LogP contribution in [0.15, 0.2) is 0 Å². The lowest BCUT2D eigenvalue weighted by Crippen LogP contribution is -2.53. The maximum absolute atomic E-state index is 12.3. The second kappa shape index (κ2) is 7.73. The van der Waals surface area contributed by atoms with Gasteiger partial charge in [-0.1, -0.05) is 0 Å². The van der Waals surface area contributed by atoms with E-state index in [9.17, 15) is 9.59 Å². The zero-order valence-corrected chi connectivity index (χ0v) is 17.3. The molecule has 1 fully saturated rings. The number of nitrogens with zero attached hydrogens (tertiary/aromatic N) is 2. The smallest absolute Gasteiger partial charge is 0.410 e. The molecule has 2 amide bonds. The van der Waals surface area contributed by atoms with Crippen molar-refractivity contribution in [3.05, 3.63) is 11.4 Å². The number of likely N-dealkylation sites (tertiary alicyclic amines) is 1. The Kier molecular flexibility index (Phi) is 6.56. The van der Waals surface area contributed by atoms with E-state index in [1.165, 1.54) is 0 Å². The van der Waals surface area contributed by atoms with Crippen molar-refractivity contribution in [3.63, 3.8) is 0 Å². The molecule has 0 bridgehead atoms. The zero-order valence-electron chi connectivity index (χ0n) is 17.3. The molecule has 0 aliphatic carbocycles. The van der Waals surface area contributed by atoms with Gasteiger partial charge in [0.05, 0.1) is 0 Å². The number of ether oxygens (including phenoxy) is 2. The summed E-state index contributed by atoms with van der Waals surface area (Å²) in [6.07, 6.45) is -0.217. The Morgan fingerprint density at radius 2 is 1.62 bits per heavy atom. The average Bonchev–Trinajstić information content (AvgIpc) is 2.90. The van der Waals surface area contributed by atoms with E-state index in [1.807, 2.05) is 20.8 Å². The molecule has 0 aromatic heterocycles. The van der Waals surface area contributed by atoms with Gasteiger partial charge in [0.15, 0.2) is 0 Å². The molecule has 148 valence electrons. The Bertz CT molecular complexity index is 567. The van der Waals surface area contributed by atoms with Crippen LogP contribution in [0.1, 0.15) is 61.8 Å². The van der Waals surface area contributed by atoms with Gasteiger partial charge in [0.25, 0.3) is 0 Å². The Morgan fingerprint density at radius 1 is 1.08 bits per heavy atom. The van der Waals surface area contributed by atoms with E-state index in [0.717, 1.165) is 0 Å². The van der Waals surface area contributed by atoms with Gasteiger partial charge in [0, 0.05) is 32.9 Å². The highest BCUT2D eigenvalue weighted by atomic mass is 16.6. The summed E-state index contributed by atoms with van der Waals surface area (Å²) in [5.41, 5.74) is -1.99. The third kappa shape index (κ3) is 6.74. The Balaban J connectivity index is 2.86. The number of hydrogen-bond donors (Lipinski definition) is 1. The molecule has 1 rings (SSSR count).